The average molecular weight is 163 g/mol. The molecular formula is C8H5NO3. The van der Waals surface area contributed by atoms with E-state index < -0.39 is 0 Å². The number of nitriles is 1. The van der Waals surface area contributed by atoms with Gasteiger partial charge < -0.3 is 9.84 Å². The van der Waals surface area contributed by atoms with Crippen LogP contribution in [0.1, 0.15) is 5.56 Å². The number of hydrogen-bond acceptors (Lipinski definition) is 4. The number of phenolic OH excluding ortho intramolecular Hbond substituents is 1. The molecular weight excluding hydrogens is 158 g/mol. The first-order valence-corrected chi connectivity index (χ1v) is 3.11. The van der Waals surface area contributed by atoms with Crippen LogP contribution in [0, 0.1) is 11.3 Å². The maximum atomic E-state index is 9.89. The van der Waals surface area contributed by atoms with E-state index in [1.165, 1.54) is 18.2 Å². The van der Waals surface area contributed by atoms with Crippen molar-refractivity contribution in [3.63, 3.8) is 0 Å². The lowest BCUT2D eigenvalue weighted by Gasteiger charge is -1.98. The molecule has 0 bridgehead atoms. The summed E-state index contributed by atoms with van der Waals surface area (Å²) in [6, 6.07) is 5.71. The van der Waals surface area contributed by atoms with Crippen molar-refractivity contribution in [2.24, 2.45) is 0 Å². The minimum atomic E-state index is -0.129. The number of nitrogens with zero attached hydrogens (tertiary/aromatic N) is 1. The van der Waals surface area contributed by atoms with E-state index in [4.69, 9.17) is 10.4 Å². The van der Waals surface area contributed by atoms with Gasteiger partial charge in [-0.15, -0.1) is 0 Å². The predicted molar refractivity (Wildman–Crippen MR) is 39.5 cm³/mol. The monoisotopic (exact) mass is 163 g/mol. The maximum Gasteiger partial charge on any atom is 0.298 e. The van der Waals surface area contributed by atoms with E-state index in [2.05, 4.69) is 4.74 Å². The lowest BCUT2D eigenvalue weighted by molar-refractivity contribution is -0.120. The molecule has 1 aromatic carbocycles. The van der Waals surface area contributed by atoms with Gasteiger partial charge >= 0.3 is 0 Å². The molecule has 0 unspecified atom stereocenters. The van der Waals surface area contributed by atoms with Crippen molar-refractivity contribution in [2.45, 2.75) is 0 Å². The third kappa shape index (κ3) is 1.52. The fraction of sp³-hybridized carbons (Fsp3) is 0. The van der Waals surface area contributed by atoms with Crippen LogP contribution in [0.4, 0.5) is 0 Å². The number of benzene rings is 1. The summed E-state index contributed by atoms with van der Waals surface area (Å²) in [6.45, 7) is 0.257. The van der Waals surface area contributed by atoms with Gasteiger partial charge in [-0.3, -0.25) is 4.79 Å². The largest absolute Gasteiger partial charge is 0.507 e. The quantitative estimate of drug-likeness (QED) is 0.654. The topological polar surface area (TPSA) is 70.3 Å². The van der Waals surface area contributed by atoms with Gasteiger partial charge in [-0.1, -0.05) is 0 Å². The van der Waals surface area contributed by atoms with Crippen LogP contribution in [0.3, 0.4) is 0 Å². The molecule has 0 aliphatic rings. The molecule has 0 saturated carbocycles. The lowest BCUT2D eigenvalue weighted by Crippen LogP contribution is -1.88. The van der Waals surface area contributed by atoms with E-state index in [0.717, 1.165) is 0 Å². The summed E-state index contributed by atoms with van der Waals surface area (Å²) in [6.07, 6.45) is 0. The van der Waals surface area contributed by atoms with Crippen LogP contribution in [-0.2, 0) is 4.79 Å². The first kappa shape index (κ1) is 8.08. The van der Waals surface area contributed by atoms with Gasteiger partial charge in [0.15, 0.2) is 0 Å². The summed E-state index contributed by atoms with van der Waals surface area (Å²) in [5.41, 5.74) is 0.0781. The van der Waals surface area contributed by atoms with Gasteiger partial charge in [0.25, 0.3) is 6.47 Å². The number of carbonyl (C=O) groups excluding carboxylic acids is 1. The SMILES string of the molecule is N#Cc1cc(OC=O)ccc1O. The molecule has 0 aliphatic heterocycles. The van der Waals surface area contributed by atoms with Gasteiger partial charge in [-0.25, -0.2) is 0 Å². The fourth-order valence-corrected chi connectivity index (χ4v) is 0.734. The van der Waals surface area contributed by atoms with Crippen LogP contribution < -0.4 is 4.74 Å². The number of ether oxygens (including phenoxy) is 1. The molecule has 60 valence electrons. The Morgan fingerprint density at radius 1 is 1.58 bits per heavy atom. The van der Waals surface area contributed by atoms with Crippen LogP contribution >= 0.6 is 0 Å². The molecule has 1 aromatic rings. The summed E-state index contributed by atoms with van der Waals surface area (Å²) in [5.74, 6) is 0.107. The van der Waals surface area contributed by atoms with Gasteiger partial charge in [-0.05, 0) is 12.1 Å². The van der Waals surface area contributed by atoms with Gasteiger partial charge in [-0.2, -0.15) is 5.26 Å². The van der Waals surface area contributed by atoms with Crippen molar-refractivity contribution < 1.29 is 14.6 Å². The Morgan fingerprint density at radius 2 is 2.33 bits per heavy atom. The predicted octanol–water partition coefficient (Wildman–Crippen LogP) is 0.799. The van der Waals surface area contributed by atoms with Crippen LogP contribution in [-0.4, -0.2) is 11.6 Å². The van der Waals surface area contributed by atoms with E-state index in [1.807, 2.05) is 0 Å². The molecule has 0 aromatic heterocycles. The van der Waals surface area contributed by atoms with Crippen molar-refractivity contribution >= 4 is 6.47 Å². The smallest absolute Gasteiger partial charge is 0.298 e. The highest BCUT2D eigenvalue weighted by Crippen LogP contribution is 2.21. The number of carbonyl (C=O) groups is 1. The highest BCUT2D eigenvalue weighted by Gasteiger charge is 2.01. The summed E-state index contributed by atoms with van der Waals surface area (Å²) in [5, 5.41) is 17.5. The second-order valence-corrected chi connectivity index (χ2v) is 2.00. The Balaban J connectivity index is 3.07. The minimum absolute atomic E-state index is 0.0781. The Bertz CT molecular complexity index is 341. The standard InChI is InChI=1S/C8H5NO3/c9-4-6-3-7(12-5-10)1-2-8(6)11/h1-3,5,11H. The molecule has 0 saturated heterocycles. The highest BCUT2D eigenvalue weighted by molar-refractivity contribution is 5.51. The zero-order valence-electron chi connectivity index (χ0n) is 6.02. The molecule has 1 N–H and O–H groups in total. The average Bonchev–Trinajstić information content (AvgIpc) is 2.09. The molecule has 0 radical (unpaired) electrons. The first-order valence-electron chi connectivity index (χ1n) is 3.11. The second kappa shape index (κ2) is 3.39. The summed E-state index contributed by atoms with van der Waals surface area (Å²) >= 11 is 0. The number of hydrogen-bond donors (Lipinski definition) is 1. The van der Waals surface area contributed by atoms with E-state index >= 15 is 0 Å². The third-order valence-corrected chi connectivity index (χ3v) is 1.27. The summed E-state index contributed by atoms with van der Waals surface area (Å²) in [4.78, 5) is 9.89. The lowest BCUT2D eigenvalue weighted by atomic mass is 10.2. The fourth-order valence-electron chi connectivity index (χ4n) is 0.734. The first-order chi connectivity index (χ1) is 5.77. The van der Waals surface area contributed by atoms with Crippen LogP contribution in [0.15, 0.2) is 18.2 Å². The van der Waals surface area contributed by atoms with Crippen LogP contribution in [0.2, 0.25) is 0 Å². The van der Waals surface area contributed by atoms with Gasteiger partial charge in [0.1, 0.15) is 17.6 Å². The molecule has 0 aliphatic carbocycles. The molecule has 0 heterocycles. The molecule has 0 fully saturated rings. The van der Waals surface area contributed by atoms with E-state index in [0.29, 0.717) is 0 Å². The molecule has 4 heteroatoms. The normalized spacial score (nSPS) is 8.58. The summed E-state index contributed by atoms with van der Waals surface area (Å²) in [7, 11) is 0. The van der Waals surface area contributed by atoms with Gasteiger partial charge in [0.05, 0.1) is 5.56 Å². The molecule has 1 rings (SSSR count). The Kier molecular flexibility index (Phi) is 2.29. The van der Waals surface area contributed by atoms with Crippen molar-refractivity contribution in [2.75, 3.05) is 0 Å². The molecule has 0 spiro atoms. The van der Waals surface area contributed by atoms with Crippen molar-refractivity contribution in [3.05, 3.63) is 23.8 Å². The Morgan fingerprint density at radius 3 is 2.92 bits per heavy atom. The minimum Gasteiger partial charge on any atom is -0.507 e. The van der Waals surface area contributed by atoms with E-state index in [-0.39, 0.29) is 23.5 Å². The summed E-state index contributed by atoms with van der Waals surface area (Å²) < 4.78 is 4.46. The maximum absolute atomic E-state index is 9.89. The Labute approximate surface area is 68.6 Å². The molecule has 12 heavy (non-hydrogen) atoms. The number of aromatic hydroxyl groups is 1. The zero-order valence-corrected chi connectivity index (χ0v) is 6.02. The van der Waals surface area contributed by atoms with Gasteiger partial charge in [0.2, 0.25) is 0 Å². The number of rotatable bonds is 2. The van der Waals surface area contributed by atoms with Gasteiger partial charge in [0, 0.05) is 6.07 Å². The van der Waals surface area contributed by atoms with E-state index in [9.17, 15) is 4.79 Å². The molecule has 4 nitrogen and oxygen atoms in total. The zero-order chi connectivity index (χ0) is 8.97. The number of phenols is 1. The van der Waals surface area contributed by atoms with E-state index in [1.54, 1.807) is 6.07 Å². The van der Waals surface area contributed by atoms with Crippen molar-refractivity contribution in [3.8, 4) is 17.6 Å². The molecule has 0 atom stereocenters. The third-order valence-electron chi connectivity index (χ3n) is 1.27. The van der Waals surface area contributed by atoms with Crippen LogP contribution in [0.25, 0.3) is 0 Å². The van der Waals surface area contributed by atoms with Crippen molar-refractivity contribution in [1.82, 2.24) is 0 Å². The molecule has 0 amide bonds. The Hall–Kier alpha value is -2.02. The second-order valence-electron chi connectivity index (χ2n) is 2.00. The van der Waals surface area contributed by atoms with Crippen molar-refractivity contribution in [1.29, 1.82) is 5.26 Å². The van der Waals surface area contributed by atoms with Crippen LogP contribution in [0.5, 0.6) is 11.5 Å². The highest BCUT2D eigenvalue weighted by atomic mass is 16.5.